The van der Waals surface area contributed by atoms with E-state index in [1.165, 1.54) is 0 Å². The van der Waals surface area contributed by atoms with Gasteiger partial charge in [0.25, 0.3) is 7.37 Å². The summed E-state index contributed by atoms with van der Waals surface area (Å²) in [5.74, 6) is -1.71. The van der Waals surface area contributed by atoms with Crippen molar-refractivity contribution >= 4 is 25.2 Å². The van der Waals surface area contributed by atoms with Crippen molar-refractivity contribution in [2.75, 3.05) is 32.5 Å². The van der Waals surface area contributed by atoms with E-state index >= 15 is 0 Å². The van der Waals surface area contributed by atoms with Crippen LogP contribution in [0.2, 0.25) is 0 Å². The van der Waals surface area contributed by atoms with Gasteiger partial charge in [0.05, 0.1) is 13.0 Å². The van der Waals surface area contributed by atoms with E-state index in [-0.39, 0.29) is 44.4 Å². The molecule has 0 spiro atoms. The Morgan fingerprint density at radius 3 is 2.18 bits per heavy atom. The Morgan fingerprint density at radius 1 is 0.868 bits per heavy atom. The van der Waals surface area contributed by atoms with Crippen LogP contribution in [0.3, 0.4) is 0 Å². The second kappa shape index (κ2) is 17.4. The first kappa shape index (κ1) is 31.1. The second-order valence-electron chi connectivity index (χ2n) is 8.58. The highest BCUT2D eigenvalue weighted by Crippen LogP contribution is 2.52. The van der Waals surface area contributed by atoms with Crippen LogP contribution >= 0.6 is 7.37 Å². The van der Waals surface area contributed by atoms with E-state index in [4.69, 9.17) is 14.0 Å². The SMILES string of the molecule is CCOCCCNC(=O)CCC(=O)N[C@@H](Cc1ccccc1)[P@@](=O)(CCC(=O)OCC)Oc1ccccc1. The number of ether oxygens (including phenoxy) is 2. The van der Waals surface area contributed by atoms with Crippen LogP contribution in [0, 0.1) is 0 Å². The third-order valence-electron chi connectivity index (χ3n) is 5.58. The van der Waals surface area contributed by atoms with E-state index in [1.807, 2.05) is 43.3 Å². The number of carbonyl (C=O) groups excluding carboxylic acids is 3. The highest BCUT2D eigenvalue weighted by Gasteiger charge is 2.37. The molecule has 2 aromatic carbocycles. The van der Waals surface area contributed by atoms with Gasteiger partial charge < -0.3 is 24.6 Å². The Kier molecular flexibility index (Phi) is 14.2. The number of amides is 2. The summed E-state index contributed by atoms with van der Waals surface area (Å²) in [7, 11) is -3.67. The quantitative estimate of drug-likeness (QED) is 0.162. The van der Waals surface area contributed by atoms with Crippen molar-refractivity contribution in [2.24, 2.45) is 0 Å². The number of hydrogen-bond acceptors (Lipinski definition) is 7. The molecule has 0 saturated carbocycles. The topological polar surface area (TPSA) is 120 Å². The highest BCUT2D eigenvalue weighted by atomic mass is 31.2. The smallest absolute Gasteiger partial charge is 0.306 e. The van der Waals surface area contributed by atoms with Gasteiger partial charge in [0.1, 0.15) is 11.5 Å². The summed E-state index contributed by atoms with van der Waals surface area (Å²) in [4.78, 5) is 37.2. The van der Waals surface area contributed by atoms with E-state index in [1.54, 1.807) is 31.2 Å². The third kappa shape index (κ3) is 11.9. The summed E-state index contributed by atoms with van der Waals surface area (Å²) in [6, 6.07) is 18.0. The Balaban J connectivity index is 2.15. The number of para-hydroxylation sites is 1. The molecule has 0 aliphatic rings. The maximum absolute atomic E-state index is 14.4. The minimum atomic E-state index is -3.67. The lowest BCUT2D eigenvalue weighted by molar-refractivity contribution is -0.142. The fourth-order valence-corrected chi connectivity index (χ4v) is 5.98. The molecule has 10 heteroatoms. The number of carbonyl (C=O) groups is 3. The van der Waals surface area contributed by atoms with Gasteiger partial charge in [-0.2, -0.15) is 0 Å². The third-order valence-corrected chi connectivity index (χ3v) is 8.21. The lowest BCUT2D eigenvalue weighted by Crippen LogP contribution is -2.39. The standard InChI is InChI=1S/C28H39N2O7P/c1-3-35-20-11-19-29-25(31)16-17-26(32)30-27(22-23-12-7-5-8-13-23)38(34,21-18-28(33)36-4-2)37-24-14-9-6-10-15-24/h5-10,12-15,27H,3-4,11,16-22H2,1-2H3,(H,29,31)(H,30,32)/t27-,38-/m1/s1. The van der Waals surface area contributed by atoms with Gasteiger partial charge in [-0.3, -0.25) is 18.9 Å². The molecule has 0 aliphatic heterocycles. The van der Waals surface area contributed by atoms with E-state index in [0.717, 1.165) is 5.56 Å². The summed E-state index contributed by atoms with van der Waals surface area (Å²) in [5, 5.41) is 5.61. The second-order valence-corrected chi connectivity index (χ2v) is 11.3. The zero-order valence-corrected chi connectivity index (χ0v) is 23.1. The maximum atomic E-state index is 14.4. The van der Waals surface area contributed by atoms with Gasteiger partial charge in [-0.15, -0.1) is 0 Å². The fraction of sp³-hybridized carbons (Fsp3) is 0.464. The summed E-state index contributed by atoms with van der Waals surface area (Å²) in [5.41, 5.74) is 0.845. The van der Waals surface area contributed by atoms with Crippen molar-refractivity contribution in [3.63, 3.8) is 0 Å². The predicted molar refractivity (Wildman–Crippen MR) is 146 cm³/mol. The predicted octanol–water partition coefficient (Wildman–Crippen LogP) is 4.30. The molecule has 0 fully saturated rings. The van der Waals surface area contributed by atoms with Gasteiger partial charge in [-0.25, -0.2) is 0 Å². The van der Waals surface area contributed by atoms with Crippen LogP contribution < -0.4 is 15.2 Å². The molecule has 0 saturated heterocycles. The summed E-state index contributed by atoms with van der Waals surface area (Å²) < 4.78 is 30.7. The van der Waals surface area contributed by atoms with Gasteiger partial charge in [-0.05, 0) is 38.0 Å². The Labute approximate surface area is 225 Å². The number of esters is 1. The van der Waals surface area contributed by atoms with Crippen molar-refractivity contribution in [1.29, 1.82) is 0 Å². The van der Waals surface area contributed by atoms with Crippen molar-refractivity contribution < 1.29 is 32.9 Å². The first-order valence-corrected chi connectivity index (χ1v) is 14.9. The average molecular weight is 547 g/mol. The molecule has 0 heterocycles. The van der Waals surface area contributed by atoms with Gasteiger partial charge in [-0.1, -0.05) is 48.5 Å². The summed E-state index contributed by atoms with van der Waals surface area (Å²) in [6.45, 7) is 5.46. The minimum Gasteiger partial charge on any atom is -0.466 e. The normalized spacial score (nSPS) is 13.1. The van der Waals surface area contributed by atoms with Crippen LogP contribution in [0.1, 0.15) is 45.1 Å². The molecule has 0 unspecified atom stereocenters. The molecule has 0 radical (unpaired) electrons. The fourth-order valence-electron chi connectivity index (χ4n) is 3.65. The lowest BCUT2D eigenvalue weighted by Gasteiger charge is -2.29. The van der Waals surface area contributed by atoms with Crippen molar-refractivity contribution in [1.82, 2.24) is 10.6 Å². The zero-order chi connectivity index (χ0) is 27.6. The van der Waals surface area contributed by atoms with Gasteiger partial charge >= 0.3 is 5.97 Å². The molecule has 0 aliphatic carbocycles. The van der Waals surface area contributed by atoms with Gasteiger partial charge in [0, 0.05) is 45.2 Å². The highest BCUT2D eigenvalue weighted by molar-refractivity contribution is 7.60. The molecule has 0 aromatic heterocycles. The maximum Gasteiger partial charge on any atom is 0.306 e. The molecule has 2 N–H and O–H groups in total. The van der Waals surface area contributed by atoms with Crippen LogP contribution in [-0.4, -0.2) is 56.1 Å². The Morgan fingerprint density at radius 2 is 1.53 bits per heavy atom. The van der Waals surface area contributed by atoms with Crippen LogP contribution in [-0.2, 0) is 34.8 Å². The van der Waals surface area contributed by atoms with E-state index in [0.29, 0.717) is 31.9 Å². The first-order valence-electron chi connectivity index (χ1n) is 13.0. The molecule has 2 atom stereocenters. The van der Waals surface area contributed by atoms with Crippen molar-refractivity contribution in [2.45, 2.75) is 51.7 Å². The monoisotopic (exact) mass is 546 g/mol. The number of rotatable bonds is 18. The average Bonchev–Trinajstić information content (AvgIpc) is 2.91. The molecule has 2 amide bonds. The van der Waals surface area contributed by atoms with Gasteiger partial charge in [0.2, 0.25) is 11.8 Å². The minimum absolute atomic E-state index is 0.00873. The summed E-state index contributed by atoms with van der Waals surface area (Å²) >= 11 is 0. The van der Waals surface area contributed by atoms with Gasteiger partial charge in [0.15, 0.2) is 0 Å². The van der Waals surface area contributed by atoms with Crippen LogP contribution in [0.25, 0.3) is 0 Å². The van der Waals surface area contributed by atoms with Crippen LogP contribution in [0.15, 0.2) is 60.7 Å². The summed E-state index contributed by atoms with van der Waals surface area (Å²) in [6.07, 6.45) is 0.591. The molecular weight excluding hydrogens is 507 g/mol. The van der Waals surface area contributed by atoms with Crippen LogP contribution in [0.4, 0.5) is 0 Å². The molecule has 38 heavy (non-hydrogen) atoms. The van der Waals surface area contributed by atoms with Crippen LogP contribution in [0.5, 0.6) is 5.75 Å². The molecule has 2 aromatic rings. The molecule has 208 valence electrons. The number of hydrogen-bond donors (Lipinski definition) is 2. The van der Waals surface area contributed by atoms with Crippen molar-refractivity contribution in [3.05, 3.63) is 66.2 Å². The van der Waals surface area contributed by atoms with Crippen molar-refractivity contribution in [3.8, 4) is 5.75 Å². The molecule has 0 bridgehead atoms. The Bertz CT molecular complexity index is 1030. The number of benzene rings is 2. The first-order chi connectivity index (χ1) is 18.4. The number of nitrogens with one attached hydrogen (secondary N) is 2. The molecule has 2 rings (SSSR count). The zero-order valence-electron chi connectivity index (χ0n) is 22.2. The largest absolute Gasteiger partial charge is 0.466 e. The van der Waals surface area contributed by atoms with E-state index < -0.39 is 25.0 Å². The Hall–Kier alpha value is -3.16. The lowest BCUT2D eigenvalue weighted by atomic mass is 10.1. The molecular formula is C28H39N2O7P. The molecule has 9 nitrogen and oxygen atoms in total. The van der Waals surface area contributed by atoms with E-state index in [9.17, 15) is 18.9 Å². The van der Waals surface area contributed by atoms with E-state index in [2.05, 4.69) is 10.6 Å².